The lowest BCUT2D eigenvalue weighted by Gasteiger charge is -2.24. The van der Waals surface area contributed by atoms with E-state index in [0.29, 0.717) is 6.54 Å². The van der Waals surface area contributed by atoms with E-state index in [1.165, 1.54) is 42.0 Å². The molecule has 8 nitrogen and oxygen atoms in total. The van der Waals surface area contributed by atoms with E-state index in [1.807, 2.05) is 18.2 Å². The monoisotopic (exact) mass is 499 g/mol. The van der Waals surface area contributed by atoms with E-state index in [2.05, 4.69) is 17.4 Å². The first-order valence-electron chi connectivity index (χ1n) is 10.6. The normalized spacial score (nSPS) is 11.1. The van der Waals surface area contributed by atoms with E-state index < -0.39 is 27.4 Å². The quantitative estimate of drug-likeness (QED) is 0.227. The first-order chi connectivity index (χ1) is 16.4. The highest BCUT2D eigenvalue weighted by Gasteiger charge is 2.27. The number of hydrogen-bond donors (Lipinski definition) is 1. The number of benzene rings is 3. The summed E-state index contributed by atoms with van der Waals surface area (Å²) in [6.07, 6.45) is 0.742. The number of sulfonamides is 1. The van der Waals surface area contributed by atoms with E-state index in [1.54, 1.807) is 30.0 Å². The van der Waals surface area contributed by atoms with Gasteiger partial charge in [0.15, 0.2) is 0 Å². The molecule has 10 heteroatoms. The highest BCUT2D eigenvalue weighted by Crippen LogP contribution is 2.25. The van der Waals surface area contributed by atoms with Gasteiger partial charge < -0.3 is 5.32 Å². The largest absolute Gasteiger partial charge is 0.354 e. The molecule has 0 spiro atoms. The molecular formula is C24H25N3O5S2. The first kappa shape index (κ1) is 25.3. The van der Waals surface area contributed by atoms with E-state index in [4.69, 9.17) is 0 Å². The van der Waals surface area contributed by atoms with Crippen LogP contribution in [0.1, 0.15) is 12.0 Å². The van der Waals surface area contributed by atoms with Gasteiger partial charge in [-0.15, -0.1) is 0 Å². The molecule has 0 aromatic heterocycles. The Bertz CT molecular complexity index is 1190. The second-order valence-electron chi connectivity index (χ2n) is 7.34. The van der Waals surface area contributed by atoms with Crippen LogP contribution >= 0.6 is 11.8 Å². The van der Waals surface area contributed by atoms with Crippen molar-refractivity contribution in [2.24, 2.45) is 0 Å². The molecule has 3 rings (SSSR count). The van der Waals surface area contributed by atoms with Crippen LogP contribution in [-0.4, -0.2) is 38.1 Å². The number of nitro groups is 1. The number of nitro benzene ring substituents is 1. The number of thioether (sulfide) groups is 1. The Balaban J connectivity index is 1.62. The smallest absolute Gasteiger partial charge is 0.269 e. The Labute approximate surface area is 203 Å². The molecule has 0 atom stereocenters. The molecule has 3 aromatic carbocycles. The van der Waals surface area contributed by atoms with Crippen molar-refractivity contribution in [3.05, 3.63) is 101 Å². The molecule has 0 saturated heterocycles. The highest BCUT2D eigenvalue weighted by atomic mass is 32.2. The van der Waals surface area contributed by atoms with Gasteiger partial charge in [-0.25, -0.2) is 8.42 Å². The maximum absolute atomic E-state index is 13.2. The van der Waals surface area contributed by atoms with Crippen molar-refractivity contribution in [2.75, 3.05) is 23.1 Å². The average molecular weight is 500 g/mol. The molecule has 1 amide bonds. The second-order valence-corrected chi connectivity index (χ2v) is 10.3. The fourth-order valence-corrected chi connectivity index (χ4v) is 5.49. The third-order valence-corrected chi connectivity index (χ3v) is 7.77. The SMILES string of the molecule is O=C(CN(c1ccc([N+](=O)[O-])cc1)S(=O)(=O)c1ccccc1)NCCCSCc1ccccc1. The number of nitrogens with one attached hydrogen (secondary N) is 1. The fourth-order valence-electron chi connectivity index (χ4n) is 3.13. The van der Waals surface area contributed by atoms with Crippen molar-refractivity contribution in [1.29, 1.82) is 0 Å². The molecule has 0 aliphatic heterocycles. The Morgan fingerprint density at radius 3 is 2.18 bits per heavy atom. The summed E-state index contributed by atoms with van der Waals surface area (Å²) in [5.41, 5.74) is 1.24. The van der Waals surface area contributed by atoms with E-state index >= 15 is 0 Å². The maximum Gasteiger partial charge on any atom is 0.269 e. The van der Waals surface area contributed by atoms with Gasteiger partial charge in [-0.2, -0.15) is 11.8 Å². The molecule has 3 aromatic rings. The van der Waals surface area contributed by atoms with Gasteiger partial charge in [0, 0.05) is 24.4 Å². The Morgan fingerprint density at radius 1 is 0.941 bits per heavy atom. The van der Waals surface area contributed by atoms with Crippen LogP contribution in [0.2, 0.25) is 0 Å². The van der Waals surface area contributed by atoms with Crippen LogP contribution in [0.5, 0.6) is 0 Å². The zero-order chi connectivity index (χ0) is 24.4. The van der Waals surface area contributed by atoms with Crippen LogP contribution in [0.15, 0.2) is 89.8 Å². The lowest BCUT2D eigenvalue weighted by Crippen LogP contribution is -2.41. The molecule has 178 valence electrons. The van der Waals surface area contributed by atoms with E-state index in [0.717, 1.165) is 22.2 Å². The summed E-state index contributed by atoms with van der Waals surface area (Å²) >= 11 is 1.76. The number of non-ortho nitro benzene ring substituents is 1. The Hall–Kier alpha value is -3.37. The standard InChI is InChI=1S/C24H25N3O5S2/c28-24(25-16-7-17-33-19-20-8-3-1-4-9-20)18-26(21-12-14-22(15-13-21)27(29)30)34(31,32)23-10-5-2-6-11-23/h1-6,8-15H,7,16-19H2,(H,25,28). The van der Waals surface area contributed by atoms with Gasteiger partial charge in [0.2, 0.25) is 5.91 Å². The molecule has 0 aliphatic rings. The van der Waals surface area contributed by atoms with Crippen LogP contribution in [0.3, 0.4) is 0 Å². The number of rotatable bonds is 12. The number of hydrogen-bond acceptors (Lipinski definition) is 6. The number of carbonyl (C=O) groups excluding carboxylic acids is 1. The summed E-state index contributed by atoms with van der Waals surface area (Å²) < 4.78 is 27.5. The minimum atomic E-state index is -4.05. The van der Waals surface area contributed by atoms with Crippen LogP contribution in [-0.2, 0) is 20.6 Å². The second kappa shape index (κ2) is 12.2. The summed E-state index contributed by atoms with van der Waals surface area (Å²) in [7, 11) is -4.05. The molecule has 0 heterocycles. The molecule has 0 fully saturated rings. The van der Waals surface area contributed by atoms with Gasteiger partial charge in [-0.1, -0.05) is 48.5 Å². The summed E-state index contributed by atoms with van der Waals surface area (Å²) in [5, 5.41) is 13.7. The van der Waals surface area contributed by atoms with Crippen molar-refractivity contribution in [3.63, 3.8) is 0 Å². The zero-order valence-corrected chi connectivity index (χ0v) is 20.0. The van der Waals surface area contributed by atoms with Crippen molar-refractivity contribution in [2.45, 2.75) is 17.1 Å². The number of nitrogens with zero attached hydrogens (tertiary/aromatic N) is 2. The summed E-state index contributed by atoms with van der Waals surface area (Å²) in [6.45, 7) is -0.0215. The molecule has 0 radical (unpaired) electrons. The minimum absolute atomic E-state index is 0.0264. The van der Waals surface area contributed by atoms with Crippen molar-refractivity contribution in [3.8, 4) is 0 Å². The van der Waals surface area contributed by atoms with Gasteiger partial charge in [-0.05, 0) is 42.0 Å². The third kappa shape index (κ3) is 7.06. The summed E-state index contributed by atoms with van der Waals surface area (Å²) in [6, 6.07) is 22.9. The van der Waals surface area contributed by atoms with Crippen LogP contribution in [0.25, 0.3) is 0 Å². The topological polar surface area (TPSA) is 110 Å². The van der Waals surface area contributed by atoms with Crippen molar-refractivity contribution < 1.29 is 18.1 Å². The molecule has 34 heavy (non-hydrogen) atoms. The van der Waals surface area contributed by atoms with E-state index in [9.17, 15) is 23.3 Å². The molecule has 0 unspecified atom stereocenters. The zero-order valence-electron chi connectivity index (χ0n) is 18.4. The number of carbonyl (C=O) groups is 1. The minimum Gasteiger partial charge on any atom is -0.354 e. The molecule has 0 saturated carbocycles. The fraction of sp³-hybridized carbons (Fsp3) is 0.208. The van der Waals surface area contributed by atoms with Crippen molar-refractivity contribution in [1.82, 2.24) is 5.32 Å². The lowest BCUT2D eigenvalue weighted by molar-refractivity contribution is -0.384. The predicted molar refractivity (Wildman–Crippen MR) is 134 cm³/mol. The van der Waals surface area contributed by atoms with Gasteiger partial charge in [0.05, 0.1) is 15.5 Å². The van der Waals surface area contributed by atoms with Gasteiger partial charge in [-0.3, -0.25) is 19.2 Å². The first-order valence-corrected chi connectivity index (χ1v) is 13.2. The predicted octanol–water partition coefficient (Wildman–Crippen LogP) is 4.23. The lowest BCUT2D eigenvalue weighted by atomic mass is 10.2. The molecule has 0 aliphatic carbocycles. The number of anilines is 1. The van der Waals surface area contributed by atoms with Crippen LogP contribution < -0.4 is 9.62 Å². The van der Waals surface area contributed by atoms with Crippen LogP contribution in [0, 0.1) is 10.1 Å². The molecule has 0 bridgehead atoms. The highest BCUT2D eigenvalue weighted by molar-refractivity contribution is 7.98. The Kier molecular flexibility index (Phi) is 9.06. The molecule has 1 N–H and O–H groups in total. The molecular weight excluding hydrogens is 474 g/mol. The van der Waals surface area contributed by atoms with Gasteiger partial charge in [0.1, 0.15) is 6.54 Å². The summed E-state index contributed by atoms with van der Waals surface area (Å²) in [5.74, 6) is 1.28. The third-order valence-electron chi connectivity index (χ3n) is 4.87. The maximum atomic E-state index is 13.2. The van der Waals surface area contributed by atoms with Gasteiger partial charge >= 0.3 is 0 Å². The Morgan fingerprint density at radius 2 is 1.56 bits per heavy atom. The average Bonchev–Trinajstić information content (AvgIpc) is 2.86. The van der Waals surface area contributed by atoms with Crippen LogP contribution in [0.4, 0.5) is 11.4 Å². The van der Waals surface area contributed by atoms with Gasteiger partial charge in [0.25, 0.3) is 15.7 Å². The van der Waals surface area contributed by atoms with E-state index in [-0.39, 0.29) is 16.3 Å². The van der Waals surface area contributed by atoms with Crippen molar-refractivity contribution >= 4 is 39.1 Å². The summed E-state index contributed by atoms with van der Waals surface area (Å²) in [4.78, 5) is 23.0. The number of amides is 1.